The first-order valence-corrected chi connectivity index (χ1v) is 6.50. The molecule has 0 radical (unpaired) electrons. The van der Waals surface area contributed by atoms with E-state index in [2.05, 4.69) is 4.98 Å². The van der Waals surface area contributed by atoms with Gasteiger partial charge in [0.1, 0.15) is 11.5 Å². The molecule has 0 spiro atoms. The lowest BCUT2D eigenvalue weighted by atomic mass is 10.1. The Balaban J connectivity index is 2.09. The predicted octanol–water partition coefficient (Wildman–Crippen LogP) is 2.16. The second-order valence-corrected chi connectivity index (χ2v) is 4.75. The topological polar surface area (TPSA) is 58.7 Å². The quantitative estimate of drug-likeness (QED) is 0.876. The fourth-order valence-electron chi connectivity index (χ4n) is 2.12. The molecule has 0 amide bonds. The molecule has 1 N–H and O–H groups in total. The van der Waals surface area contributed by atoms with Crippen LogP contribution in [0, 0.1) is 6.92 Å². The van der Waals surface area contributed by atoms with E-state index in [1.807, 2.05) is 43.1 Å². The molecule has 20 heavy (non-hydrogen) atoms. The van der Waals surface area contributed by atoms with Gasteiger partial charge in [0, 0.05) is 0 Å². The Morgan fingerprint density at radius 3 is 2.55 bits per heavy atom. The van der Waals surface area contributed by atoms with E-state index in [0.717, 1.165) is 17.1 Å². The van der Waals surface area contributed by atoms with Gasteiger partial charge in [0.05, 0.1) is 32.5 Å². The maximum absolute atomic E-state index is 9.64. The summed E-state index contributed by atoms with van der Waals surface area (Å²) in [5, 5.41) is 9.64. The van der Waals surface area contributed by atoms with E-state index in [1.54, 1.807) is 13.3 Å². The van der Waals surface area contributed by atoms with Crippen LogP contribution in [0.15, 0.2) is 34.9 Å². The van der Waals surface area contributed by atoms with Crippen LogP contribution in [0.2, 0.25) is 0 Å². The molecule has 5 nitrogen and oxygen atoms in total. The zero-order valence-electron chi connectivity index (χ0n) is 12.0. The van der Waals surface area contributed by atoms with Gasteiger partial charge in [0.2, 0.25) is 5.89 Å². The molecular weight excluding hydrogens is 256 g/mol. The van der Waals surface area contributed by atoms with Crippen LogP contribution in [0.5, 0.6) is 5.75 Å². The minimum Gasteiger partial charge on any atom is -0.497 e. The number of hydrogen-bond acceptors (Lipinski definition) is 5. The maximum Gasteiger partial charge on any atom is 0.208 e. The summed E-state index contributed by atoms with van der Waals surface area (Å²) in [6, 6.07) is 7.59. The number of hydrogen-bond donors (Lipinski definition) is 1. The summed E-state index contributed by atoms with van der Waals surface area (Å²) in [5.74, 6) is 2.24. The van der Waals surface area contributed by atoms with Gasteiger partial charge >= 0.3 is 0 Å². The highest BCUT2D eigenvalue weighted by atomic mass is 16.5. The predicted molar refractivity (Wildman–Crippen MR) is 75.5 cm³/mol. The van der Waals surface area contributed by atoms with E-state index in [4.69, 9.17) is 9.15 Å². The van der Waals surface area contributed by atoms with Crippen LogP contribution in [0.4, 0.5) is 0 Å². The van der Waals surface area contributed by atoms with Gasteiger partial charge in [-0.1, -0.05) is 12.1 Å². The number of likely N-dealkylation sites (N-methyl/N-ethyl adjacent to an activating group) is 1. The molecular formula is C15H20N2O3. The fourth-order valence-corrected chi connectivity index (χ4v) is 2.12. The Morgan fingerprint density at radius 2 is 2.05 bits per heavy atom. The minimum atomic E-state index is -0.104. The third kappa shape index (κ3) is 3.37. The summed E-state index contributed by atoms with van der Waals surface area (Å²) >= 11 is 0. The lowest BCUT2D eigenvalue weighted by Gasteiger charge is -2.25. The average Bonchev–Trinajstić information content (AvgIpc) is 2.85. The van der Waals surface area contributed by atoms with Crippen LogP contribution in [0.1, 0.15) is 23.3 Å². The summed E-state index contributed by atoms with van der Waals surface area (Å²) in [7, 11) is 3.57. The Bertz CT molecular complexity index is 536. The third-order valence-electron chi connectivity index (χ3n) is 3.26. The molecule has 0 aliphatic heterocycles. The summed E-state index contributed by atoms with van der Waals surface area (Å²) in [6.45, 7) is 2.44. The van der Waals surface area contributed by atoms with Gasteiger partial charge in [-0.2, -0.15) is 0 Å². The van der Waals surface area contributed by atoms with Crippen molar-refractivity contribution in [2.75, 3.05) is 20.8 Å². The molecule has 1 unspecified atom stereocenters. The van der Waals surface area contributed by atoms with E-state index in [1.165, 1.54) is 0 Å². The number of benzene rings is 1. The molecule has 1 atom stereocenters. The molecule has 2 aromatic rings. The van der Waals surface area contributed by atoms with E-state index in [0.29, 0.717) is 12.4 Å². The molecule has 0 saturated heterocycles. The van der Waals surface area contributed by atoms with Crippen LogP contribution < -0.4 is 4.74 Å². The van der Waals surface area contributed by atoms with Crippen molar-refractivity contribution in [3.8, 4) is 5.75 Å². The van der Waals surface area contributed by atoms with Crippen LogP contribution >= 0.6 is 0 Å². The average molecular weight is 276 g/mol. The van der Waals surface area contributed by atoms with Crippen molar-refractivity contribution >= 4 is 0 Å². The van der Waals surface area contributed by atoms with Gasteiger partial charge in [-0.3, -0.25) is 4.90 Å². The number of nitrogens with zero attached hydrogens (tertiary/aromatic N) is 2. The molecule has 1 aromatic carbocycles. The van der Waals surface area contributed by atoms with Crippen LogP contribution in [0.3, 0.4) is 0 Å². The first kappa shape index (κ1) is 14.6. The molecule has 0 bridgehead atoms. The molecule has 0 aliphatic carbocycles. The zero-order valence-corrected chi connectivity index (χ0v) is 12.0. The van der Waals surface area contributed by atoms with Gasteiger partial charge in [-0.05, 0) is 31.7 Å². The van der Waals surface area contributed by atoms with E-state index in [-0.39, 0.29) is 12.6 Å². The van der Waals surface area contributed by atoms with Gasteiger partial charge in [0.25, 0.3) is 0 Å². The standard InChI is InChI=1S/C15H20N2O3/c1-11-8-16-15(20-11)9-17(2)14(10-18)12-4-6-13(19-3)7-5-12/h4-8,14,18H,9-10H2,1-3H3. The lowest BCUT2D eigenvalue weighted by Crippen LogP contribution is -2.27. The van der Waals surface area contributed by atoms with Crippen LogP contribution in [-0.4, -0.2) is 35.8 Å². The van der Waals surface area contributed by atoms with E-state index >= 15 is 0 Å². The molecule has 0 fully saturated rings. The van der Waals surface area contributed by atoms with Crippen molar-refractivity contribution in [3.63, 3.8) is 0 Å². The van der Waals surface area contributed by atoms with Crippen molar-refractivity contribution in [1.29, 1.82) is 0 Å². The Labute approximate surface area is 118 Å². The number of rotatable bonds is 6. The van der Waals surface area contributed by atoms with E-state index < -0.39 is 0 Å². The number of aliphatic hydroxyl groups is 1. The van der Waals surface area contributed by atoms with Gasteiger partial charge < -0.3 is 14.3 Å². The van der Waals surface area contributed by atoms with Gasteiger partial charge in [-0.15, -0.1) is 0 Å². The Kier molecular flexibility index (Phi) is 4.76. The number of aromatic nitrogens is 1. The molecule has 1 heterocycles. The van der Waals surface area contributed by atoms with Crippen molar-refractivity contribution in [2.45, 2.75) is 19.5 Å². The van der Waals surface area contributed by atoms with Crippen LogP contribution in [-0.2, 0) is 6.54 Å². The summed E-state index contributed by atoms with van der Waals surface area (Å²) < 4.78 is 10.6. The Hall–Kier alpha value is -1.85. The number of oxazole rings is 1. The summed E-state index contributed by atoms with van der Waals surface area (Å²) in [5.41, 5.74) is 1.03. The summed E-state index contributed by atoms with van der Waals surface area (Å²) in [4.78, 5) is 6.19. The second-order valence-electron chi connectivity index (χ2n) is 4.75. The molecule has 5 heteroatoms. The lowest BCUT2D eigenvalue weighted by molar-refractivity contribution is 0.133. The maximum atomic E-state index is 9.64. The SMILES string of the molecule is COc1ccc(C(CO)N(C)Cc2ncc(C)o2)cc1. The highest BCUT2D eigenvalue weighted by molar-refractivity contribution is 5.29. The van der Waals surface area contributed by atoms with Crippen LogP contribution in [0.25, 0.3) is 0 Å². The smallest absolute Gasteiger partial charge is 0.208 e. The number of aliphatic hydroxyl groups excluding tert-OH is 1. The highest BCUT2D eigenvalue weighted by Gasteiger charge is 2.18. The zero-order chi connectivity index (χ0) is 14.5. The number of methoxy groups -OCH3 is 1. The van der Waals surface area contributed by atoms with E-state index in [9.17, 15) is 5.11 Å². The molecule has 2 rings (SSSR count). The van der Waals surface area contributed by atoms with Crippen molar-refractivity contribution in [1.82, 2.24) is 9.88 Å². The van der Waals surface area contributed by atoms with Crippen molar-refractivity contribution in [2.24, 2.45) is 0 Å². The molecule has 0 saturated carbocycles. The Morgan fingerprint density at radius 1 is 1.35 bits per heavy atom. The first-order valence-electron chi connectivity index (χ1n) is 6.50. The third-order valence-corrected chi connectivity index (χ3v) is 3.26. The van der Waals surface area contributed by atoms with Gasteiger partial charge in [0.15, 0.2) is 0 Å². The largest absolute Gasteiger partial charge is 0.497 e. The number of ether oxygens (including phenoxy) is 1. The minimum absolute atomic E-state index is 0.0303. The molecule has 0 aliphatic rings. The normalized spacial score (nSPS) is 12.7. The first-order chi connectivity index (χ1) is 9.63. The second kappa shape index (κ2) is 6.54. The molecule has 108 valence electrons. The number of aryl methyl sites for hydroxylation is 1. The highest BCUT2D eigenvalue weighted by Crippen LogP contribution is 2.23. The fraction of sp³-hybridized carbons (Fsp3) is 0.400. The molecule has 1 aromatic heterocycles. The van der Waals surface area contributed by atoms with Crippen molar-refractivity contribution < 1.29 is 14.3 Å². The summed E-state index contributed by atoms with van der Waals surface area (Å²) in [6.07, 6.45) is 1.70. The van der Waals surface area contributed by atoms with Gasteiger partial charge in [-0.25, -0.2) is 4.98 Å². The van der Waals surface area contributed by atoms with Crippen molar-refractivity contribution in [3.05, 3.63) is 47.7 Å². The monoisotopic (exact) mass is 276 g/mol.